The predicted octanol–water partition coefficient (Wildman–Crippen LogP) is 4.49. The first-order chi connectivity index (χ1) is 11.0. The molecule has 1 heterocycles. The Balaban J connectivity index is 1.57. The summed E-state index contributed by atoms with van der Waals surface area (Å²) < 4.78 is 37.9. The van der Waals surface area contributed by atoms with E-state index < -0.39 is 16.6 Å². The molecule has 132 valence electrons. The van der Waals surface area contributed by atoms with Crippen molar-refractivity contribution in [2.45, 2.75) is 58.5 Å². The van der Waals surface area contributed by atoms with Gasteiger partial charge in [0.25, 0.3) is 0 Å². The highest BCUT2D eigenvalue weighted by molar-refractivity contribution is 7.15. The molecule has 8 heteroatoms. The molecule has 1 N–H and O–H groups in total. The molecule has 0 aromatic carbocycles. The molecule has 5 rings (SSSR count). The number of anilines is 1. The van der Waals surface area contributed by atoms with Gasteiger partial charge in [-0.1, -0.05) is 25.2 Å². The number of carbonyl (C=O) groups is 1. The maximum atomic E-state index is 13.0. The van der Waals surface area contributed by atoms with Crippen LogP contribution >= 0.6 is 11.3 Å². The zero-order valence-corrected chi connectivity index (χ0v) is 14.5. The predicted molar refractivity (Wildman–Crippen MR) is 83.4 cm³/mol. The number of alkyl halides is 3. The van der Waals surface area contributed by atoms with Crippen molar-refractivity contribution in [1.82, 2.24) is 10.2 Å². The fraction of sp³-hybridized carbons (Fsp3) is 0.812. The van der Waals surface area contributed by atoms with E-state index in [0.29, 0.717) is 17.3 Å². The molecule has 2 atom stereocenters. The minimum atomic E-state index is -4.53. The van der Waals surface area contributed by atoms with Crippen LogP contribution in [0.2, 0.25) is 0 Å². The summed E-state index contributed by atoms with van der Waals surface area (Å²) in [7, 11) is 0. The maximum Gasteiger partial charge on any atom is 0.445 e. The third-order valence-corrected chi connectivity index (χ3v) is 6.88. The topological polar surface area (TPSA) is 54.9 Å². The molecular formula is C16H20F3N3OS. The van der Waals surface area contributed by atoms with Gasteiger partial charge in [0.2, 0.25) is 16.0 Å². The molecule has 1 amide bonds. The Kier molecular flexibility index (Phi) is 3.20. The maximum absolute atomic E-state index is 13.0. The second kappa shape index (κ2) is 4.71. The normalized spacial score (nSPS) is 40.8. The summed E-state index contributed by atoms with van der Waals surface area (Å²) in [5, 5.41) is 8.19. The summed E-state index contributed by atoms with van der Waals surface area (Å²) in [6, 6.07) is 0. The zero-order chi connectivity index (χ0) is 17.4. The van der Waals surface area contributed by atoms with Crippen LogP contribution in [0.3, 0.4) is 0 Å². The SMILES string of the molecule is CC12CC3CC(C)(C1)CC(C(=O)Nc1nnc(C(F)(F)F)s1)(C3)C2. The third-order valence-electron chi connectivity index (χ3n) is 6.00. The molecule has 4 aliphatic rings. The summed E-state index contributed by atoms with van der Waals surface area (Å²) in [5.41, 5.74) is -0.124. The van der Waals surface area contributed by atoms with E-state index in [1.165, 1.54) is 0 Å². The van der Waals surface area contributed by atoms with Crippen molar-refractivity contribution in [1.29, 1.82) is 0 Å². The van der Waals surface area contributed by atoms with Gasteiger partial charge in [0, 0.05) is 0 Å². The monoisotopic (exact) mass is 359 g/mol. The summed E-state index contributed by atoms with van der Waals surface area (Å²) in [6.45, 7) is 4.51. The fourth-order valence-corrected chi connectivity index (χ4v) is 6.92. The number of halogens is 3. The lowest BCUT2D eigenvalue weighted by molar-refractivity contribution is -0.165. The number of carbonyl (C=O) groups excluding carboxylic acids is 1. The largest absolute Gasteiger partial charge is 0.445 e. The molecule has 4 fully saturated rings. The van der Waals surface area contributed by atoms with Gasteiger partial charge in [0.05, 0.1) is 5.41 Å². The van der Waals surface area contributed by atoms with E-state index >= 15 is 0 Å². The smallest absolute Gasteiger partial charge is 0.300 e. The lowest BCUT2D eigenvalue weighted by Crippen LogP contribution is -2.58. The first kappa shape index (κ1) is 16.3. The zero-order valence-electron chi connectivity index (χ0n) is 13.7. The van der Waals surface area contributed by atoms with E-state index in [-0.39, 0.29) is 21.9 Å². The Morgan fingerprint density at radius 1 is 1.12 bits per heavy atom. The van der Waals surface area contributed by atoms with Gasteiger partial charge >= 0.3 is 6.18 Å². The van der Waals surface area contributed by atoms with Crippen molar-refractivity contribution < 1.29 is 18.0 Å². The van der Waals surface area contributed by atoms with E-state index in [0.717, 1.165) is 38.5 Å². The van der Waals surface area contributed by atoms with E-state index in [2.05, 4.69) is 29.4 Å². The number of nitrogens with one attached hydrogen (secondary N) is 1. The lowest BCUT2D eigenvalue weighted by Gasteiger charge is -2.64. The first-order valence-corrected chi connectivity index (χ1v) is 9.05. The van der Waals surface area contributed by atoms with Crippen LogP contribution in [0.25, 0.3) is 0 Å². The van der Waals surface area contributed by atoms with Crippen molar-refractivity contribution in [3.05, 3.63) is 5.01 Å². The third kappa shape index (κ3) is 2.53. The number of rotatable bonds is 2. The van der Waals surface area contributed by atoms with Crippen molar-refractivity contribution in [3.63, 3.8) is 0 Å². The van der Waals surface area contributed by atoms with E-state index in [1.807, 2.05) is 0 Å². The molecule has 0 saturated heterocycles. The summed E-state index contributed by atoms with van der Waals surface area (Å²) >= 11 is 0.391. The number of amides is 1. The second-order valence-electron chi connectivity index (χ2n) is 8.77. The van der Waals surface area contributed by atoms with E-state index in [4.69, 9.17) is 0 Å². The Morgan fingerprint density at radius 2 is 1.75 bits per heavy atom. The molecular weight excluding hydrogens is 339 g/mol. The van der Waals surface area contributed by atoms with Gasteiger partial charge < -0.3 is 5.32 Å². The van der Waals surface area contributed by atoms with Crippen LogP contribution in [-0.4, -0.2) is 16.1 Å². The molecule has 24 heavy (non-hydrogen) atoms. The van der Waals surface area contributed by atoms with Crippen LogP contribution in [0, 0.1) is 22.2 Å². The van der Waals surface area contributed by atoms with Crippen LogP contribution in [-0.2, 0) is 11.0 Å². The highest BCUT2D eigenvalue weighted by Gasteiger charge is 2.62. The quantitative estimate of drug-likeness (QED) is 0.846. The number of hydrogen-bond donors (Lipinski definition) is 1. The summed E-state index contributed by atoms with van der Waals surface area (Å²) in [6.07, 6.45) is 1.43. The molecule has 0 radical (unpaired) electrons. The molecule has 2 unspecified atom stereocenters. The van der Waals surface area contributed by atoms with E-state index in [9.17, 15) is 18.0 Å². The summed E-state index contributed by atoms with van der Waals surface area (Å²) in [5.74, 6) is 0.371. The Morgan fingerprint density at radius 3 is 2.25 bits per heavy atom. The molecule has 1 aromatic rings. The lowest BCUT2D eigenvalue weighted by atomic mass is 9.40. The summed E-state index contributed by atoms with van der Waals surface area (Å²) in [4.78, 5) is 13.0. The van der Waals surface area contributed by atoms with Crippen LogP contribution < -0.4 is 5.32 Å². The van der Waals surface area contributed by atoms with Crippen LogP contribution in [0.1, 0.15) is 57.4 Å². The first-order valence-electron chi connectivity index (χ1n) is 8.23. The van der Waals surface area contributed by atoms with Crippen LogP contribution in [0.4, 0.5) is 18.3 Å². The number of hydrogen-bond acceptors (Lipinski definition) is 4. The average Bonchev–Trinajstić information content (AvgIpc) is 2.82. The van der Waals surface area contributed by atoms with Crippen molar-refractivity contribution >= 4 is 22.4 Å². The molecule has 4 saturated carbocycles. The van der Waals surface area contributed by atoms with Crippen LogP contribution in [0.15, 0.2) is 0 Å². The van der Waals surface area contributed by atoms with E-state index in [1.54, 1.807) is 0 Å². The molecule has 4 bridgehead atoms. The molecule has 4 nitrogen and oxygen atoms in total. The van der Waals surface area contributed by atoms with Gasteiger partial charge in [-0.25, -0.2) is 0 Å². The van der Waals surface area contributed by atoms with Crippen LogP contribution in [0.5, 0.6) is 0 Å². The Bertz CT molecular complexity index is 683. The van der Waals surface area contributed by atoms with Crippen molar-refractivity contribution in [2.75, 3.05) is 5.32 Å². The average molecular weight is 359 g/mol. The number of aromatic nitrogens is 2. The highest BCUT2D eigenvalue weighted by atomic mass is 32.1. The highest BCUT2D eigenvalue weighted by Crippen LogP contribution is 2.69. The van der Waals surface area contributed by atoms with Gasteiger partial charge in [-0.2, -0.15) is 13.2 Å². The number of nitrogens with zero attached hydrogens (tertiary/aromatic N) is 2. The Labute approximate surface area is 142 Å². The minimum Gasteiger partial charge on any atom is -0.300 e. The van der Waals surface area contributed by atoms with Crippen molar-refractivity contribution in [3.8, 4) is 0 Å². The van der Waals surface area contributed by atoms with Gasteiger partial charge in [0.15, 0.2) is 0 Å². The van der Waals surface area contributed by atoms with Gasteiger partial charge in [-0.05, 0) is 55.3 Å². The molecule has 4 aliphatic carbocycles. The molecule has 0 spiro atoms. The van der Waals surface area contributed by atoms with Gasteiger partial charge in [-0.15, -0.1) is 10.2 Å². The second-order valence-corrected chi connectivity index (χ2v) is 9.75. The van der Waals surface area contributed by atoms with Gasteiger partial charge in [0.1, 0.15) is 0 Å². The minimum absolute atomic E-state index is 0.0571. The van der Waals surface area contributed by atoms with Gasteiger partial charge in [-0.3, -0.25) is 4.79 Å². The van der Waals surface area contributed by atoms with Crippen molar-refractivity contribution in [2.24, 2.45) is 22.2 Å². The molecule has 0 aliphatic heterocycles. The Hall–Kier alpha value is -1.18. The standard InChI is InChI=1S/C16H20F3N3OS/c1-13-3-9-4-14(2,6-13)8-15(5-9,7-13)10(23)20-12-22-21-11(24-12)16(17,18)19/h9H,3-8H2,1-2H3,(H,20,22,23). The molecule has 1 aromatic heterocycles. The fourth-order valence-electron chi connectivity index (χ4n) is 6.32.